The van der Waals surface area contributed by atoms with Gasteiger partial charge in [-0.2, -0.15) is 0 Å². The fraction of sp³-hybridized carbons (Fsp3) is 0.875. The minimum absolute atomic E-state index is 0.122. The van der Waals surface area contributed by atoms with E-state index in [0.717, 1.165) is 12.8 Å². The number of carbonyl (C=O) groups excluding carboxylic acids is 1. The van der Waals surface area contributed by atoms with Crippen molar-refractivity contribution in [2.75, 3.05) is 7.11 Å². The molecule has 3 heteroatoms. The highest BCUT2D eigenvalue weighted by Crippen LogP contribution is 2.04. The van der Waals surface area contributed by atoms with Crippen molar-refractivity contribution in [2.45, 2.75) is 38.7 Å². The Morgan fingerprint density at radius 3 is 2.73 bits per heavy atom. The molecule has 11 heavy (non-hydrogen) atoms. The molecule has 1 N–H and O–H groups in total. The number of unbranched alkanes of at least 4 members (excludes halogenated alkanes) is 1. The van der Waals surface area contributed by atoms with Crippen LogP contribution in [0.5, 0.6) is 0 Å². The second kappa shape index (κ2) is 6.16. The SMILES string of the molecule is CCCC[C@H](O)CC(=O)OC. The van der Waals surface area contributed by atoms with Crippen LogP contribution in [0, 0.1) is 0 Å². The highest BCUT2D eigenvalue weighted by molar-refractivity contribution is 5.69. The Kier molecular flexibility index (Phi) is 5.84. The molecule has 0 radical (unpaired) electrons. The Balaban J connectivity index is 3.35. The fourth-order valence-electron chi connectivity index (χ4n) is 0.818. The van der Waals surface area contributed by atoms with Gasteiger partial charge in [-0.1, -0.05) is 19.8 Å². The molecule has 3 nitrogen and oxygen atoms in total. The van der Waals surface area contributed by atoms with Crippen molar-refractivity contribution in [2.24, 2.45) is 0 Å². The van der Waals surface area contributed by atoms with Gasteiger partial charge in [0.1, 0.15) is 0 Å². The number of methoxy groups -OCH3 is 1. The molecular weight excluding hydrogens is 144 g/mol. The topological polar surface area (TPSA) is 46.5 Å². The van der Waals surface area contributed by atoms with E-state index >= 15 is 0 Å². The Morgan fingerprint density at radius 2 is 2.27 bits per heavy atom. The van der Waals surface area contributed by atoms with E-state index in [2.05, 4.69) is 4.74 Å². The number of ether oxygens (including phenoxy) is 1. The van der Waals surface area contributed by atoms with Crippen LogP contribution in [0.4, 0.5) is 0 Å². The largest absolute Gasteiger partial charge is 0.469 e. The molecule has 1 atom stereocenters. The zero-order valence-corrected chi connectivity index (χ0v) is 7.17. The van der Waals surface area contributed by atoms with Gasteiger partial charge in [-0.25, -0.2) is 0 Å². The molecule has 0 saturated heterocycles. The maximum absolute atomic E-state index is 10.6. The molecule has 0 aromatic rings. The zero-order valence-electron chi connectivity index (χ0n) is 7.17. The first-order valence-electron chi connectivity index (χ1n) is 3.95. The number of hydrogen-bond donors (Lipinski definition) is 1. The predicted molar refractivity (Wildman–Crippen MR) is 42.2 cm³/mol. The standard InChI is InChI=1S/C8H16O3/c1-3-4-5-7(9)6-8(10)11-2/h7,9H,3-6H2,1-2H3/t7-/m0/s1. The second-order valence-corrected chi connectivity index (χ2v) is 2.58. The first kappa shape index (κ1) is 10.4. The van der Waals surface area contributed by atoms with Crippen LogP contribution in [0.25, 0.3) is 0 Å². The molecule has 0 fully saturated rings. The Bertz CT molecular complexity index is 112. The van der Waals surface area contributed by atoms with Crippen LogP contribution in [-0.4, -0.2) is 24.3 Å². The lowest BCUT2D eigenvalue weighted by Gasteiger charge is -2.06. The van der Waals surface area contributed by atoms with Crippen molar-refractivity contribution in [3.8, 4) is 0 Å². The number of hydrogen-bond acceptors (Lipinski definition) is 3. The normalized spacial score (nSPS) is 12.6. The van der Waals surface area contributed by atoms with Gasteiger partial charge in [0.15, 0.2) is 0 Å². The molecule has 0 rings (SSSR count). The maximum Gasteiger partial charge on any atom is 0.308 e. The number of aliphatic hydroxyl groups excluding tert-OH is 1. The van der Waals surface area contributed by atoms with Gasteiger partial charge in [-0.05, 0) is 6.42 Å². The lowest BCUT2D eigenvalue weighted by Crippen LogP contribution is -2.14. The Hall–Kier alpha value is -0.570. The third-order valence-corrected chi connectivity index (χ3v) is 1.52. The van der Waals surface area contributed by atoms with Gasteiger partial charge < -0.3 is 9.84 Å². The molecule has 0 unspecified atom stereocenters. The number of rotatable bonds is 5. The highest BCUT2D eigenvalue weighted by atomic mass is 16.5. The summed E-state index contributed by atoms with van der Waals surface area (Å²) >= 11 is 0. The van der Waals surface area contributed by atoms with Gasteiger partial charge >= 0.3 is 5.97 Å². The van der Waals surface area contributed by atoms with Gasteiger partial charge in [0.05, 0.1) is 19.6 Å². The molecule has 0 amide bonds. The van der Waals surface area contributed by atoms with Crippen molar-refractivity contribution in [3.05, 3.63) is 0 Å². The number of esters is 1. The first-order chi connectivity index (χ1) is 5.20. The molecule has 0 aromatic heterocycles. The van der Waals surface area contributed by atoms with E-state index in [1.807, 2.05) is 6.92 Å². The summed E-state index contributed by atoms with van der Waals surface area (Å²) in [7, 11) is 1.33. The van der Waals surface area contributed by atoms with Crippen molar-refractivity contribution >= 4 is 5.97 Å². The lowest BCUT2D eigenvalue weighted by molar-refractivity contribution is -0.142. The molecule has 0 aliphatic rings. The molecule has 0 spiro atoms. The van der Waals surface area contributed by atoms with Gasteiger partial charge in [-0.3, -0.25) is 4.79 Å². The molecule has 0 aromatic carbocycles. The van der Waals surface area contributed by atoms with E-state index in [9.17, 15) is 9.90 Å². The van der Waals surface area contributed by atoms with Crippen molar-refractivity contribution < 1.29 is 14.6 Å². The van der Waals surface area contributed by atoms with Crippen LogP contribution in [0.3, 0.4) is 0 Å². The summed E-state index contributed by atoms with van der Waals surface area (Å²) in [4.78, 5) is 10.6. The average molecular weight is 160 g/mol. The lowest BCUT2D eigenvalue weighted by atomic mass is 10.1. The van der Waals surface area contributed by atoms with E-state index in [-0.39, 0.29) is 12.4 Å². The zero-order chi connectivity index (χ0) is 8.69. The van der Waals surface area contributed by atoms with Crippen molar-refractivity contribution in [1.29, 1.82) is 0 Å². The second-order valence-electron chi connectivity index (χ2n) is 2.58. The van der Waals surface area contributed by atoms with E-state index in [4.69, 9.17) is 0 Å². The molecule has 0 saturated carbocycles. The average Bonchev–Trinajstić information content (AvgIpc) is 2.00. The van der Waals surface area contributed by atoms with E-state index in [0.29, 0.717) is 6.42 Å². The van der Waals surface area contributed by atoms with E-state index in [1.165, 1.54) is 7.11 Å². The third kappa shape index (κ3) is 5.85. The van der Waals surface area contributed by atoms with Crippen LogP contribution < -0.4 is 0 Å². The molecular formula is C8H16O3. The Morgan fingerprint density at radius 1 is 1.64 bits per heavy atom. The number of aliphatic hydroxyl groups is 1. The molecule has 66 valence electrons. The highest BCUT2D eigenvalue weighted by Gasteiger charge is 2.09. The van der Waals surface area contributed by atoms with Crippen LogP contribution in [0.15, 0.2) is 0 Å². The summed E-state index contributed by atoms with van der Waals surface area (Å²) in [6.07, 6.45) is 2.28. The van der Waals surface area contributed by atoms with E-state index < -0.39 is 6.10 Å². The smallest absolute Gasteiger partial charge is 0.308 e. The van der Waals surface area contributed by atoms with Crippen molar-refractivity contribution in [1.82, 2.24) is 0 Å². The molecule has 0 heterocycles. The Labute approximate surface area is 67.4 Å². The van der Waals surface area contributed by atoms with Crippen LogP contribution in [0.2, 0.25) is 0 Å². The van der Waals surface area contributed by atoms with Crippen LogP contribution in [0.1, 0.15) is 32.6 Å². The summed E-state index contributed by atoms with van der Waals surface area (Å²) in [5.41, 5.74) is 0. The fourth-order valence-corrected chi connectivity index (χ4v) is 0.818. The van der Waals surface area contributed by atoms with Crippen LogP contribution in [-0.2, 0) is 9.53 Å². The minimum Gasteiger partial charge on any atom is -0.469 e. The number of carbonyl (C=O) groups is 1. The van der Waals surface area contributed by atoms with Gasteiger partial charge in [0.25, 0.3) is 0 Å². The summed E-state index contributed by atoms with van der Waals surface area (Å²) in [6.45, 7) is 2.05. The van der Waals surface area contributed by atoms with Gasteiger partial charge in [0.2, 0.25) is 0 Å². The quantitative estimate of drug-likeness (QED) is 0.612. The first-order valence-corrected chi connectivity index (χ1v) is 3.95. The van der Waals surface area contributed by atoms with Gasteiger partial charge in [-0.15, -0.1) is 0 Å². The summed E-state index contributed by atoms with van der Waals surface area (Å²) in [5.74, 6) is -0.339. The molecule has 0 aliphatic heterocycles. The minimum atomic E-state index is -0.526. The summed E-state index contributed by atoms with van der Waals surface area (Å²) < 4.78 is 4.40. The van der Waals surface area contributed by atoms with Crippen molar-refractivity contribution in [3.63, 3.8) is 0 Å². The third-order valence-electron chi connectivity index (χ3n) is 1.52. The van der Waals surface area contributed by atoms with Crippen LogP contribution >= 0.6 is 0 Å². The summed E-state index contributed by atoms with van der Waals surface area (Å²) in [5, 5.41) is 9.18. The monoisotopic (exact) mass is 160 g/mol. The molecule has 0 bridgehead atoms. The van der Waals surface area contributed by atoms with Gasteiger partial charge in [0, 0.05) is 0 Å². The predicted octanol–water partition coefficient (Wildman–Crippen LogP) is 1.10. The molecule has 0 aliphatic carbocycles. The van der Waals surface area contributed by atoms with E-state index in [1.54, 1.807) is 0 Å². The summed E-state index contributed by atoms with van der Waals surface area (Å²) in [6, 6.07) is 0. The maximum atomic E-state index is 10.6.